The van der Waals surface area contributed by atoms with E-state index >= 15 is 0 Å². The van der Waals surface area contributed by atoms with E-state index in [4.69, 9.17) is 5.73 Å². The van der Waals surface area contributed by atoms with E-state index in [9.17, 15) is 0 Å². The summed E-state index contributed by atoms with van der Waals surface area (Å²) < 4.78 is 2.10. The summed E-state index contributed by atoms with van der Waals surface area (Å²) in [4.78, 5) is 0. The molecule has 3 nitrogen and oxygen atoms in total. The van der Waals surface area contributed by atoms with Gasteiger partial charge in [0.2, 0.25) is 0 Å². The third kappa shape index (κ3) is 1.01. The van der Waals surface area contributed by atoms with E-state index in [2.05, 4.69) is 16.7 Å². The van der Waals surface area contributed by atoms with E-state index in [1.54, 1.807) is 0 Å². The fraction of sp³-hybridized carbons (Fsp3) is 0.727. The summed E-state index contributed by atoms with van der Waals surface area (Å²) in [6.45, 7) is 5.14. The summed E-state index contributed by atoms with van der Waals surface area (Å²) in [5.41, 5.74) is 9.66. The molecule has 14 heavy (non-hydrogen) atoms. The van der Waals surface area contributed by atoms with Gasteiger partial charge in [-0.25, -0.2) is 0 Å². The van der Waals surface area contributed by atoms with Crippen molar-refractivity contribution in [1.82, 2.24) is 9.78 Å². The zero-order valence-electron chi connectivity index (χ0n) is 8.88. The van der Waals surface area contributed by atoms with Crippen LogP contribution in [0.25, 0.3) is 0 Å². The summed E-state index contributed by atoms with van der Waals surface area (Å²) in [5, 5.41) is 4.47. The van der Waals surface area contributed by atoms with Crippen molar-refractivity contribution < 1.29 is 0 Å². The molecule has 2 aliphatic carbocycles. The SMILES string of the molecule is Cc1nn(CC2CC23CC3)c(C)c1N. The molecule has 0 bridgehead atoms. The van der Waals surface area contributed by atoms with Crippen LogP contribution in [0.3, 0.4) is 0 Å². The second-order valence-electron chi connectivity index (χ2n) is 5.03. The normalized spacial score (nSPS) is 26.9. The molecule has 1 spiro atoms. The molecule has 1 unspecified atom stereocenters. The minimum Gasteiger partial charge on any atom is -0.396 e. The Kier molecular flexibility index (Phi) is 1.38. The summed E-state index contributed by atoms with van der Waals surface area (Å²) in [6, 6.07) is 0. The zero-order valence-corrected chi connectivity index (χ0v) is 8.88. The Hall–Kier alpha value is -0.990. The minimum absolute atomic E-state index is 0.765. The van der Waals surface area contributed by atoms with Gasteiger partial charge in [-0.2, -0.15) is 5.10 Å². The van der Waals surface area contributed by atoms with Gasteiger partial charge in [-0.1, -0.05) is 0 Å². The second-order valence-corrected chi connectivity index (χ2v) is 5.03. The average molecular weight is 191 g/mol. The van der Waals surface area contributed by atoms with Crippen molar-refractivity contribution in [3.8, 4) is 0 Å². The molecule has 2 fully saturated rings. The van der Waals surface area contributed by atoms with Crippen molar-refractivity contribution >= 4 is 5.69 Å². The lowest BCUT2D eigenvalue weighted by atomic mass is 10.3. The lowest BCUT2D eigenvalue weighted by Gasteiger charge is -2.02. The highest BCUT2D eigenvalue weighted by Gasteiger charge is 2.62. The molecule has 2 saturated carbocycles. The largest absolute Gasteiger partial charge is 0.396 e. The van der Waals surface area contributed by atoms with Crippen molar-refractivity contribution in [3.05, 3.63) is 11.4 Å². The first kappa shape index (κ1) is 8.33. The summed E-state index contributed by atoms with van der Waals surface area (Å²) >= 11 is 0. The van der Waals surface area contributed by atoms with Gasteiger partial charge in [0, 0.05) is 6.54 Å². The van der Waals surface area contributed by atoms with Crippen LogP contribution in [0, 0.1) is 25.2 Å². The van der Waals surface area contributed by atoms with E-state index in [-0.39, 0.29) is 0 Å². The Labute approximate surface area is 84.3 Å². The lowest BCUT2D eigenvalue weighted by Crippen LogP contribution is -2.05. The minimum atomic E-state index is 0.765. The van der Waals surface area contributed by atoms with Crippen molar-refractivity contribution in [3.63, 3.8) is 0 Å². The van der Waals surface area contributed by atoms with Crippen LogP contribution in [-0.4, -0.2) is 9.78 Å². The summed E-state index contributed by atoms with van der Waals surface area (Å²) in [7, 11) is 0. The van der Waals surface area contributed by atoms with E-state index in [1.807, 2.05) is 6.92 Å². The molecule has 0 aromatic carbocycles. The maximum absolute atomic E-state index is 5.90. The molecule has 1 atom stereocenters. The molecule has 3 rings (SSSR count). The fourth-order valence-corrected chi connectivity index (χ4v) is 2.56. The van der Waals surface area contributed by atoms with Crippen molar-refractivity contribution in [2.45, 2.75) is 39.7 Å². The van der Waals surface area contributed by atoms with Gasteiger partial charge in [0.25, 0.3) is 0 Å². The molecular formula is C11H17N3. The summed E-state index contributed by atoms with van der Waals surface area (Å²) in [6.07, 6.45) is 4.32. The van der Waals surface area contributed by atoms with Gasteiger partial charge in [0.15, 0.2) is 0 Å². The molecule has 0 amide bonds. The molecular weight excluding hydrogens is 174 g/mol. The third-order valence-electron chi connectivity index (χ3n) is 4.08. The Balaban J connectivity index is 1.80. The van der Waals surface area contributed by atoms with Crippen LogP contribution in [0.2, 0.25) is 0 Å². The highest BCUT2D eigenvalue weighted by molar-refractivity contribution is 5.46. The molecule has 1 aromatic rings. The van der Waals surface area contributed by atoms with Crippen molar-refractivity contribution in [2.75, 3.05) is 5.73 Å². The quantitative estimate of drug-likeness (QED) is 0.775. The monoisotopic (exact) mass is 191 g/mol. The van der Waals surface area contributed by atoms with E-state index in [0.29, 0.717) is 0 Å². The van der Waals surface area contributed by atoms with Gasteiger partial charge < -0.3 is 5.73 Å². The zero-order chi connectivity index (χ0) is 9.92. The Morgan fingerprint density at radius 1 is 1.50 bits per heavy atom. The van der Waals surface area contributed by atoms with Crippen LogP contribution in [0.1, 0.15) is 30.7 Å². The van der Waals surface area contributed by atoms with E-state index in [1.165, 1.54) is 19.3 Å². The molecule has 76 valence electrons. The standard InChI is InChI=1S/C11H17N3/c1-7-10(12)8(2)14(13-7)6-9-5-11(9)3-4-11/h9H,3-6,12H2,1-2H3. The first-order valence-electron chi connectivity index (χ1n) is 5.42. The fourth-order valence-electron chi connectivity index (χ4n) is 2.56. The number of nitrogens with zero attached hydrogens (tertiary/aromatic N) is 2. The Morgan fingerprint density at radius 3 is 2.64 bits per heavy atom. The van der Waals surface area contributed by atoms with Gasteiger partial charge in [-0.3, -0.25) is 4.68 Å². The van der Waals surface area contributed by atoms with Gasteiger partial charge in [-0.05, 0) is 44.4 Å². The maximum atomic E-state index is 5.90. The number of aromatic nitrogens is 2. The van der Waals surface area contributed by atoms with Crippen LogP contribution in [0.4, 0.5) is 5.69 Å². The predicted octanol–water partition coefficient (Wildman–Crippen LogP) is 1.88. The molecule has 2 N–H and O–H groups in total. The topological polar surface area (TPSA) is 43.8 Å². The number of nitrogen functional groups attached to an aromatic ring is 1. The number of rotatable bonds is 2. The maximum Gasteiger partial charge on any atom is 0.0825 e. The Bertz CT molecular complexity index is 387. The number of aryl methyl sites for hydroxylation is 1. The molecule has 3 heteroatoms. The lowest BCUT2D eigenvalue weighted by molar-refractivity contribution is 0.513. The van der Waals surface area contributed by atoms with Crippen molar-refractivity contribution in [2.24, 2.45) is 11.3 Å². The van der Waals surface area contributed by atoms with Crippen LogP contribution in [0.5, 0.6) is 0 Å². The third-order valence-corrected chi connectivity index (χ3v) is 4.08. The van der Waals surface area contributed by atoms with Gasteiger partial charge in [0.05, 0.1) is 17.1 Å². The molecule has 1 heterocycles. The van der Waals surface area contributed by atoms with Crippen LogP contribution in [-0.2, 0) is 6.54 Å². The van der Waals surface area contributed by atoms with Gasteiger partial charge in [-0.15, -0.1) is 0 Å². The van der Waals surface area contributed by atoms with Crippen LogP contribution < -0.4 is 5.73 Å². The molecule has 2 aliphatic rings. The average Bonchev–Trinajstić information content (AvgIpc) is 3.03. The molecule has 0 aliphatic heterocycles. The number of hydrogen-bond donors (Lipinski definition) is 1. The van der Waals surface area contributed by atoms with Crippen molar-refractivity contribution in [1.29, 1.82) is 0 Å². The molecule has 0 saturated heterocycles. The van der Waals surface area contributed by atoms with Crippen LogP contribution >= 0.6 is 0 Å². The first-order valence-corrected chi connectivity index (χ1v) is 5.42. The smallest absolute Gasteiger partial charge is 0.0825 e. The second kappa shape index (κ2) is 2.33. The highest BCUT2D eigenvalue weighted by atomic mass is 15.3. The van der Waals surface area contributed by atoms with E-state index < -0.39 is 0 Å². The first-order chi connectivity index (χ1) is 6.62. The summed E-state index contributed by atoms with van der Waals surface area (Å²) in [5.74, 6) is 0.889. The predicted molar refractivity (Wildman–Crippen MR) is 55.9 cm³/mol. The highest BCUT2D eigenvalue weighted by Crippen LogP contribution is 2.71. The molecule has 0 radical (unpaired) electrons. The number of anilines is 1. The molecule has 1 aromatic heterocycles. The van der Waals surface area contributed by atoms with E-state index in [0.717, 1.165) is 35.0 Å². The Morgan fingerprint density at radius 2 is 2.21 bits per heavy atom. The van der Waals surface area contributed by atoms with Crippen LogP contribution in [0.15, 0.2) is 0 Å². The number of hydrogen-bond acceptors (Lipinski definition) is 2. The van der Waals surface area contributed by atoms with Gasteiger partial charge in [0.1, 0.15) is 0 Å². The number of nitrogens with two attached hydrogens (primary N) is 1. The van der Waals surface area contributed by atoms with Gasteiger partial charge >= 0.3 is 0 Å².